The molecule has 0 radical (unpaired) electrons. The van der Waals surface area contributed by atoms with Crippen LogP contribution in [-0.4, -0.2) is 194 Å². The van der Waals surface area contributed by atoms with Crippen molar-refractivity contribution in [1.29, 1.82) is 0 Å². The molecule has 6 aromatic carbocycles. The summed E-state index contributed by atoms with van der Waals surface area (Å²) in [5.74, 6) is 26.2. The van der Waals surface area contributed by atoms with E-state index in [1.165, 1.54) is 57.3 Å². The normalized spacial score (nSPS) is 18.7. The molecular weight excluding hydrogens is 1850 g/mol. The summed E-state index contributed by atoms with van der Waals surface area (Å²) in [6, 6.07) is 41.3. The zero-order chi connectivity index (χ0) is 97.1. The second kappa shape index (κ2) is 37.9. The molecule has 36 nitrogen and oxygen atoms in total. The summed E-state index contributed by atoms with van der Waals surface area (Å²) >= 11 is 3.38. The number of para-hydroxylation sites is 1. The maximum atomic E-state index is 13.4. The van der Waals surface area contributed by atoms with E-state index >= 15 is 0 Å². The van der Waals surface area contributed by atoms with Gasteiger partial charge in [0.2, 0.25) is 22.2 Å². The van der Waals surface area contributed by atoms with Crippen molar-refractivity contribution in [2.45, 2.75) is 82.3 Å². The molecule has 0 bridgehead atoms. The minimum Gasteiger partial charge on any atom is -0.497 e. The third kappa shape index (κ3) is 19.3. The summed E-state index contributed by atoms with van der Waals surface area (Å²) in [7, 11) is 3.35. The van der Waals surface area contributed by atoms with Crippen molar-refractivity contribution in [3.8, 4) is 82.2 Å². The Morgan fingerprint density at radius 2 is 0.993 bits per heavy atom. The number of imidazole rings is 1. The van der Waals surface area contributed by atoms with Gasteiger partial charge in [-0.25, -0.2) is 24.2 Å². The molecule has 138 heavy (non-hydrogen) atoms. The number of alkyl halides is 2. The third-order valence-electron chi connectivity index (χ3n) is 23.1. The smallest absolute Gasteiger partial charge is 0.387 e. The van der Waals surface area contributed by atoms with Gasteiger partial charge in [-0.1, -0.05) is 89.8 Å². The number of hydrogen-bond acceptors (Lipinski definition) is 21. The van der Waals surface area contributed by atoms with Crippen LogP contribution in [0.15, 0.2) is 198 Å². The summed E-state index contributed by atoms with van der Waals surface area (Å²) in [6.45, 7) is 3.19. The van der Waals surface area contributed by atoms with Crippen LogP contribution in [0.2, 0.25) is 0 Å². The number of amides is 16. The number of ether oxygens (including phenoxy) is 4. The molecule has 4 fully saturated rings. The first-order valence-corrected chi connectivity index (χ1v) is 43.1. The summed E-state index contributed by atoms with van der Waals surface area (Å²) in [5.41, 5.74) is 4.73. The number of aryl methyl sites for hydroxylation is 3. The molecule has 20 rings (SSSR count). The van der Waals surface area contributed by atoms with Gasteiger partial charge in [0.25, 0.3) is 52.8 Å². The van der Waals surface area contributed by atoms with Crippen LogP contribution in [-0.2, 0) is 59.0 Å². The van der Waals surface area contributed by atoms with Crippen molar-refractivity contribution in [2.24, 2.45) is 7.05 Å². The highest BCUT2D eigenvalue weighted by Gasteiger charge is 2.53. The number of rotatable bonds is 16. The van der Waals surface area contributed by atoms with Gasteiger partial charge in [-0.2, -0.15) is 13.9 Å². The average Bonchev–Trinajstić information content (AvgIpc) is 1.63. The summed E-state index contributed by atoms with van der Waals surface area (Å²) < 4.78 is 50.5. The third-order valence-corrected chi connectivity index (χ3v) is 23.6. The van der Waals surface area contributed by atoms with Gasteiger partial charge in [-0.3, -0.25) is 83.5 Å². The average molecular weight is 1920 g/mol. The molecule has 14 heterocycles. The summed E-state index contributed by atoms with van der Waals surface area (Å²) in [6.07, 6.45) is 9.77. The van der Waals surface area contributed by atoms with E-state index in [4.69, 9.17) is 14.2 Å². The molecule has 39 heteroatoms. The van der Waals surface area contributed by atoms with Gasteiger partial charge in [0, 0.05) is 135 Å². The minimum absolute atomic E-state index is 0.103. The molecule has 0 saturated carbocycles. The molecule has 12 aromatic rings. The zero-order valence-electron chi connectivity index (χ0n) is 73.6. The molecule has 4 atom stereocenters. The number of nitrogens with one attached hydrogen (secondary N) is 9. The van der Waals surface area contributed by atoms with E-state index in [2.05, 4.69) is 147 Å². The van der Waals surface area contributed by atoms with E-state index in [0.29, 0.717) is 79.7 Å². The Labute approximate surface area is 790 Å². The maximum absolute atomic E-state index is 13.4. The lowest BCUT2D eigenvalue weighted by Crippen LogP contribution is -2.54. The Hall–Kier alpha value is -18.0. The number of imide groups is 4. The number of aromatic nitrogens is 7. The van der Waals surface area contributed by atoms with Gasteiger partial charge in [-0.05, 0) is 174 Å². The van der Waals surface area contributed by atoms with Crippen LogP contribution in [0.25, 0.3) is 27.5 Å². The van der Waals surface area contributed by atoms with Crippen molar-refractivity contribution >= 4 is 115 Å². The van der Waals surface area contributed by atoms with Crippen molar-refractivity contribution in [3.05, 3.63) is 287 Å². The fraction of sp³-hybridized carbons (Fsp3) is 0.202. The predicted molar refractivity (Wildman–Crippen MR) is 492 cm³/mol. The first-order chi connectivity index (χ1) is 66.3. The number of fused-ring (bicyclic) bond motifs is 7. The lowest BCUT2D eigenvalue weighted by Gasteiger charge is -2.26. The highest BCUT2D eigenvalue weighted by atomic mass is 79.9. The number of hydrogen-bond donors (Lipinski definition) is 9. The Morgan fingerprint density at radius 3 is 1.49 bits per heavy atom. The fourth-order valence-electron chi connectivity index (χ4n) is 16.4. The molecule has 0 aliphatic carbocycles. The fourth-order valence-corrected chi connectivity index (χ4v) is 16.7. The van der Waals surface area contributed by atoms with E-state index in [9.17, 15) is 71.1 Å². The number of benzene rings is 6. The molecule has 4 saturated heterocycles. The SMILES string of the molecule is CC#CCOc1ccc2c(c1)C(=O)N(C[C@@]1(C#Cc3ccc4cn(C)nc4c3)NC(=O)NC1=O)C2.COc1ccc2c(c1)C(=O)N(C[C@@]1(C#Cc3c[nH]c(=O)c(C)c3)NC(=O)NC1=O)C2.Cc1cc(COc2ccc3c(c2)C(=O)N(C[C@@]2(C#Cc4cccnc4)NC(=O)NC2=O)C3)c2ccccc2n1.O=C1NC(=O)C(C#Cc2cnc3ccc(Br)cn23)(CN2Cc3ccc(OC(F)F)cc3C2=O)N1. The highest BCUT2D eigenvalue weighted by molar-refractivity contribution is 9.10. The minimum atomic E-state index is -3.03. The second-order valence-electron chi connectivity index (χ2n) is 32.6. The first-order valence-electron chi connectivity index (χ1n) is 42.3. The molecule has 690 valence electrons. The van der Waals surface area contributed by atoms with Gasteiger partial charge in [0.1, 0.15) is 47.6 Å². The highest BCUT2D eigenvalue weighted by Crippen LogP contribution is 2.36. The van der Waals surface area contributed by atoms with Crippen LogP contribution in [0.1, 0.15) is 110 Å². The number of carbonyl (C=O) groups is 12. The van der Waals surface area contributed by atoms with E-state index in [0.717, 1.165) is 54.2 Å². The van der Waals surface area contributed by atoms with E-state index in [-0.39, 0.29) is 93.6 Å². The van der Waals surface area contributed by atoms with E-state index in [1.807, 2.05) is 93.0 Å². The zero-order valence-corrected chi connectivity index (χ0v) is 75.2. The van der Waals surface area contributed by atoms with Gasteiger partial charge in [0.15, 0.2) is 0 Å². The van der Waals surface area contributed by atoms with Crippen molar-refractivity contribution in [3.63, 3.8) is 0 Å². The number of halogens is 3. The molecule has 9 N–H and O–H groups in total. The molecular formula is C99H76BrF2N19O17. The van der Waals surface area contributed by atoms with E-state index in [1.54, 1.807) is 102 Å². The Bertz CT molecular complexity index is 7640. The first kappa shape index (κ1) is 91.8. The summed E-state index contributed by atoms with van der Waals surface area (Å²) in [4.78, 5) is 184. The van der Waals surface area contributed by atoms with Gasteiger partial charge in [0.05, 0.1) is 50.5 Å². The Balaban J connectivity index is 0.000000128. The van der Waals surface area contributed by atoms with Crippen molar-refractivity contribution in [2.75, 3.05) is 39.9 Å². The number of aromatic amines is 1. The van der Waals surface area contributed by atoms with E-state index < -0.39 is 82.4 Å². The topological polar surface area (TPSA) is 445 Å². The number of methoxy groups -OCH3 is 1. The van der Waals surface area contributed by atoms with Crippen molar-refractivity contribution < 1.29 is 85.3 Å². The van der Waals surface area contributed by atoms with Crippen LogP contribution in [0, 0.1) is 73.1 Å². The quantitative estimate of drug-likeness (QED) is 0.0340. The number of carbonyl (C=O) groups excluding carboxylic acids is 12. The lowest BCUT2D eigenvalue weighted by molar-refractivity contribution is -0.123. The number of pyridine rings is 4. The lowest BCUT2D eigenvalue weighted by atomic mass is 9.99. The van der Waals surface area contributed by atoms with Crippen LogP contribution < -0.4 is 67.0 Å². The molecule has 8 aliphatic heterocycles. The summed E-state index contributed by atoms with van der Waals surface area (Å²) in [5, 5.41) is 25.5. The molecule has 16 amide bonds. The standard InChI is InChI=1S/C30H23N5O4.C26H21N5O4.C22H14BrF2N5O4.C21H18N4O5/c1-19-13-22(24-6-2-3-7-26(24)32-19)17-39-23-9-8-21-16-35(27(36)25(21)14-23)18-30(28(37)33-29(38)34-30)11-10-20-5-4-12-31-15-20;1-3-4-11-35-20-8-7-18-15-31(23(32)21(18)13-20)16-26(24(33)27-25(34)28-26)10-9-17-5-6-19-14-30(2)29-22(19)12-17;23-13-2-4-17-26-8-14(30(17)10-13)5-6-22(19(32)27-21(33)28-22)11-29-9-12-1-3-15(34-20(24)25)7-16(12)18(29)31;1-12-7-13(9-22-17(12)26)5-6-21(19(28)23-20(29)24-21)11-25-10-14-3-4-15(30-2)8-16(14)18(25)27/h2-9,12-15H,16-18H2,1H3,(H2,33,34,37,38);5-8,12-14H,11,15-16H2,1-2H3,(H2,27,28,33,34);1-4,7-8,10,20H,9,11H2,(H2,27,28,32,33);3-4,7-9H,10-11H2,1-2H3,(H,22,26)(H2,23,24,28,29)/t30-;26-;;21-/m11.1/s1. The monoisotopic (exact) mass is 1920 g/mol. The van der Waals surface area contributed by atoms with Gasteiger partial charge in [-0.15, -0.1) is 5.92 Å². The Morgan fingerprint density at radius 1 is 0.500 bits per heavy atom. The Kier molecular flexibility index (Phi) is 25.2. The number of H-pyrrole nitrogens is 1. The van der Waals surface area contributed by atoms with Crippen LogP contribution in [0.4, 0.5) is 28.0 Å². The van der Waals surface area contributed by atoms with Crippen LogP contribution in [0.5, 0.6) is 23.0 Å². The van der Waals surface area contributed by atoms with Crippen LogP contribution in [0.3, 0.4) is 0 Å². The molecule has 0 spiro atoms. The van der Waals surface area contributed by atoms with Gasteiger partial charge >= 0.3 is 30.7 Å². The van der Waals surface area contributed by atoms with Crippen molar-refractivity contribution in [1.82, 2.24) is 96.3 Å². The van der Waals surface area contributed by atoms with Crippen LogP contribution >= 0.6 is 15.9 Å². The maximum Gasteiger partial charge on any atom is 0.387 e. The molecule has 6 aromatic heterocycles. The number of urea groups is 4. The molecule has 1 unspecified atom stereocenters. The molecule has 8 aliphatic rings. The van der Waals surface area contributed by atoms with Gasteiger partial charge < -0.3 is 64.8 Å². The number of nitrogens with zero attached hydrogens (tertiary/aromatic N) is 10. The largest absolute Gasteiger partial charge is 0.497 e. The predicted octanol–water partition coefficient (Wildman–Crippen LogP) is 7.23. The second-order valence-corrected chi connectivity index (χ2v) is 33.6.